The van der Waals surface area contributed by atoms with Crippen LogP contribution in [0.1, 0.15) is 45.0 Å². The molecule has 3 rings (SSSR count). The molecule has 0 N–H and O–H groups in total. The summed E-state index contributed by atoms with van der Waals surface area (Å²) in [5.41, 5.74) is 1.98. The maximum atomic E-state index is 5.88. The van der Waals surface area contributed by atoms with Crippen LogP contribution in [0.5, 0.6) is 0 Å². The van der Waals surface area contributed by atoms with Gasteiger partial charge in [-0.3, -0.25) is 0 Å². The van der Waals surface area contributed by atoms with E-state index in [1.807, 2.05) is 6.07 Å². The Bertz CT molecular complexity index is 621. The molecular formula is C15H20BrN3O2. The lowest BCUT2D eigenvalue weighted by Crippen LogP contribution is -2.23. The molecule has 0 aliphatic carbocycles. The number of nitrogens with zero attached hydrogens (tertiary/aromatic N) is 3. The largest absolute Gasteiger partial charge is 0.353 e. The summed E-state index contributed by atoms with van der Waals surface area (Å²) in [7, 11) is 0. The first-order valence-electron chi connectivity index (χ1n) is 7.40. The zero-order valence-corrected chi connectivity index (χ0v) is 14.0. The van der Waals surface area contributed by atoms with Crippen LogP contribution in [0, 0.1) is 0 Å². The van der Waals surface area contributed by atoms with E-state index in [0.29, 0.717) is 12.6 Å². The van der Waals surface area contributed by atoms with Gasteiger partial charge in [0.2, 0.25) is 0 Å². The first-order chi connectivity index (χ1) is 10.1. The van der Waals surface area contributed by atoms with Crippen LogP contribution >= 0.6 is 15.9 Å². The quantitative estimate of drug-likeness (QED) is 0.784. The molecule has 1 fully saturated rings. The maximum absolute atomic E-state index is 5.88. The molecule has 0 radical (unpaired) electrons. The van der Waals surface area contributed by atoms with E-state index in [9.17, 15) is 0 Å². The predicted molar refractivity (Wildman–Crippen MR) is 84.0 cm³/mol. The van der Waals surface area contributed by atoms with Gasteiger partial charge in [-0.25, -0.2) is 9.97 Å². The van der Waals surface area contributed by atoms with Gasteiger partial charge >= 0.3 is 0 Å². The van der Waals surface area contributed by atoms with E-state index in [1.54, 1.807) is 6.20 Å². The molecule has 0 saturated carbocycles. The number of aromatic nitrogens is 3. The van der Waals surface area contributed by atoms with Crippen LogP contribution in [0.4, 0.5) is 0 Å². The minimum Gasteiger partial charge on any atom is -0.353 e. The lowest BCUT2D eigenvalue weighted by atomic mass is 10.2. The van der Waals surface area contributed by atoms with Crippen molar-refractivity contribution in [2.45, 2.75) is 52.0 Å². The minimum absolute atomic E-state index is 0.0935. The van der Waals surface area contributed by atoms with Gasteiger partial charge < -0.3 is 14.0 Å². The van der Waals surface area contributed by atoms with E-state index < -0.39 is 0 Å². The highest BCUT2D eigenvalue weighted by atomic mass is 79.9. The standard InChI is InChI=1S/C15H20BrN3O2/c1-10(2)19-12-7-13(16)17-8-11(12)18-14(19)9-21-15-5-3-4-6-20-15/h7-8,10,15H,3-6,9H2,1-2H3. The molecule has 5 nitrogen and oxygen atoms in total. The molecule has 6 heteroatoms. The second-order valence-electron chi connectivity index (χ2n) is 5.59. The number of hydrogen-bond acceptors (Lipinski definition) is 4. The average molecular weight is 354 g/mol. The lowest BCUT2D eigenvalue weighted by molar-refractivity contribution is -0.170. The van der Waals surface area contributed by atoms with Gasteiger partial charge in [0.15, 0.2) is 6.29 Å². The van der Waals surface area contributed by atoms with Crippen molar-refractivity contribution in [2.75, 3.05) is 6.61 Å². The van der Waals surface area contributed by atoms with Gasteiger partial charge in [-0.15, -0.1) is 0 Å². The zero-order valence-electron chi connectivity index (χ0n) is 12.4. The summed E-state index contributed by atoms with van der Waals surface area (Å²) in [6.45, 7) is 5.56. The van der Waals surface area contributed by atoms with Gasteiger partial charge in [-0.1, -0.05) is 0 Å². The molecule has 1 unspecified atom stereocenters. The lowest BCUT2D eigenvalue weighted by Gasteiger charge is -2.23. The summed E-state index contributed by atoms with van der Waals surface area (Å²) >= 11 is 3.42. The number of hydrogen-bond donors (Lipinski definition) is 0. The van der Waals surface area contributed by atoms with Gasteiger partial charge in [-0.2, -0.15) is 0 Å². The van der Waals surface area contributed by atoms with E-state index in [1.165, 1.54) is 6.42 Å². The summed E-state index contributed by atoms with van der Waals surface area (Å²) in [6, 6.07) is 2.32. The van der Waals surface area contributed by atoms with Gasteiger partial charge in [0.1, 0.15) is 22.6 Å². The Morgan fingerprint density at radius 3 is 3.05 bits per heavy atom. The highest BCUT2D eigenvalue weighted by Crippen LogP contribution is 2.24. The smallest absolute Gasteiger partial charge is 0.158 e. The highest BCUT2D eigenvalue weighted by Gasteiger charge is 2.18. The Morgan fingerprint density at radius 2 is 2.33 bits per heavy atom. The molecule has 2 aromatic rings. The number of halogens is 1. The molecule has 1 aliphatic heterocycles. The third kappa shape index (κ3) is 3.27. The van der Waals surface area contributed by atoms with Crippen molar-refractivity contribution in [1.82, 2.24) is 14.5 Å². The van der Waals surface area contributed by atoms with Crippen molar-refractivity contribution in [3.8, 4) is 0 Å². The Balaban J connectivity index is 1.84. The fraction of sp³-hybridized carbons (Fsp3) is 0.600. The van der Waals surface area contributed by atoms with E-state index in [2.05, 4.69) is 44.3 Å². The molecule has 0 spiro atoms. The van der Waals surface area contributed by atoms with E-state index >= 15 is 0 Å². The topological polar surface area (TPSA) is 49.2 Å². The Morgan fingerprint density at radius 1 is 1.48 bits per heavy atom. The zero-order chi connectivity index (χ0) is 14.8. The van der Waals surface area contributed by atoms with Crippen LogP contribution in [-0.2, 0) is 16.1 Å². The van der Waals surface area contributed by atoms with Gasteiger partial charge in [-0.05, 0) is 55.1 Å². The van der Waals surface area contributed by atoms with Crippen molar-refractivity contribution >= 4 is 27.0 Å². The SMILES string of the molecule is CC(C)n1c(COC2CCCCO2)nc2cnc(Br)cc21. The van der Waals surface area contributed by atoms with Crippen LogP contribution in [0.2, 0.25) is 0 Å². The fourth-order valence-electron chi connectivity index (χ4n) is 2.71. The molecule has 1 saturated heterocycles. The van der Waals surface area contributed by atoms with Crippen LogP contribution in [0.25, 0.3) is 11.0 Å². The molecule has 0 amide bonds. The molecule has 114 valence electrons. The van der Waals surface area contributed by atoms with Crippen LogP contribution < -0.4 is 0 Å². The van der Waals surface area contributed by atoms with Crippen molar-refractivity contribution in [2.24, 2.45) is 0 Å². The van der Waals surface area contributed by atoms with Crippen LogP contribution in [-0.4, -0.2) is 27.4 Å². The number of rotatable bonds is 4. The van der Waals surface area contributed by atoms with Crippen LogP contribution in [0.15, 0.2) is 16.9 Å². The molecule has 3 heterocycles. The van der Waals surface area contributed by atoms with Gasteiger partial charge in [0, 0.05) is 12.6 Å². The molecule has 2 aromatic heterocycles. The molecule has 0 bridgehead atoms. The van der Waals surface area contributed by atoms with Gasteiger partial charge in [0.05, 0.1) is 11.7 Å². The monoisotopic (exact) mass is 353 g/mol. The predicted octanol–water partition coefficient (Wildman–Crippen LogP) is 3.82. The number of imidazole rings is 1. The first-order valence-corrected chi connectivity index (χ1v) is 8.20. The fourth-order valence-corrected chi connectivity index (χ4v) is 3.03. The summed E-state index contributed by atoms with van der Waals surface area (Å²) in [4.78, 5) is 8.90. The number of pyridine rings is 1. The average Bonchev–Trinajstić information content (AvgIpc) is 2.84. The molecule has 1 atom stereocenters. The molecule has 1 aliphatic rings. The van der Waals surface area contributed by atoms with Gasteiger partial charge in [0.25, 0.3) is 0 Å². The second-order valence-corrected chi connectivity index (χ2v) is 6.41. The maximum Gasteiger partial charge on any atom is 0.158 e. The summed E-state index contributed by atoms with van der Waals surface area (Å²) < 4.78 is 14.5. The summed E-state index contributed by atoms with van der Waals surface area (Å²) in [5, 5.41) is 0. The minimum atomic E-state index is -0.0935. The Kier molecular flexibility index (Phi) is 4.57. The van der Waals surface area contributed by atoms with Crippen molar-refractivity contribution in [3.63, 3.8) is 0 Å². The third-order valence-corrected chi connectivity index (χ3v) is 4.10. The second kappa shape index (κ2) is 6.42. The Labute approximate surface area is 132 Å². The normalized spacial score (nSPS) is 19.5. The summed E-state index contributed by atoms with van der Waals surface area (Å²) in [5.74, 6) is 0.925. The van der Waals surface area contributed by atoms with Crippen molar-refractivity contribution < 1.29 is 9.47 Å². The van der Waals surface area contributed by atoms with Crippen LogP contribution in [0.3, 0.4) is 0 Å². The van der Waals surface area contributed by atoms with E-state index in [4.69, 9.17) is 9.47 Å². The van der Waals surface area contributed by atoms with Crippen molar-refractivity contribution in [3.05, 3.63) is 22.7 Å². The Hall–Kier alpha value is -0.980. The first kappa shape index (κ1) is 14.9. The van der Waals surface area contributed by atoms with E-state index in [-0.39, 0.29) is 6.29 Å². The highest BCUT2D eigenvalue weighted by molar-refractivity contribution is 9.10. The molecule has 0 aromatic carbocycles. The van der Waals surface area contributed by atoms with Crippen molar-refractivity contribution in [1.29, 1.82) is 0 Å². The third-order valence-electron chi connectivity index (χ3n) is 3.67. The number of ether oxygens (including phenoxy) is 2. The number of fused-ring (bicyclic) bond motifs is 1. The molecular weight excluding hydrogens is 334 g/mol. The molecule has 21 heavy (non-hydrogen) atoms. The van der Waals surface area contributed by atoms with E-state index in [0.717, 1.165) is 40.9 Å². The summed E-state index contributed by atoms with van der Waals surface area (Å²) in [6.07, 6.45) is 4.96.